The minimum absolute atomic E-state index is 0.0252. The fourth-order valence-corrected chi connectivity index (χ4v) is 6.12. The van der Waals surface area contributed by atoms with Crippen LogP contribution in [0, 0.1) is 0 Å². The Labute approximate surface area is 277 Å². The van der Waals surface area contributed by atoms with Crippen LogP contribution in [-0.4, -0.2) is 58.9 Å². The molecule has 2 aliphatic heterocycles. The van der Waals surface area contributed by atoms with E-state index in [0.717, 1.165) is 11.8 Å². The lowest BCUT2D eigenvalue weighted by Crippen LogP contribution is -2.33. The summed E-state index contributed by atoms with van der Waals surface area (Å²) in [4.78, 5) is 37.1. The molecule has 0 atom stereocenters. The van der Waals surface area contributed by atoms with Crippen molar-refractivity contribution in [2.24, 2.45) is 5.73 Å². The van der Waals surface area contributed by atoms with Gasteiger partial charge in [0.1, 0.15) is 29.6 Å². The molecule has 4 aromatic rings. The van der Waals surface area contributed by atoms with E-state index in [2.05, 4.69) is 10.6 Å². The lowest BCUT2D eigenvalue weighted by molar-refractivity contribution is 0.0224. The second kappa shape index (κ2) is 13.2. The van der Waals surface area contributed by atoms with E-state index in [1.807, 2.05) is 0 Å². The number of carbonyl (C=O) groups excluding carboxylic acids is 3. The fraction of sp³-hybridized carbons (Fsp3) is 0.152. The van der Waals surface area contributed by atoms with Gasteiger partial charge in [-0.15, -0.1) is 0 Å². The highest BCUT2D eigenvalue weighted by atomic mass is 32.2. The molecule has 0 aromatic heterocycles. The Bertz CT molecular complexity index is 1850. The second-order valence-corrected chi connectivity index (χ2v) is 11.8. The van der Waals surface area contributed by atoms with E-state index in [4.69, 9.17) is 36.9 Å². The molecule has 240 valence electrons. The summed E-state index contributed by atoms with van der Waals surface area (Å²) in [6.07, 6.45) is 0. The zero-order valence-corrected chi connectivity index (χ0v) is 26.1. The number of benzene rings is 4. The van der Waals surface area contributed by atoms with Gasteiger partial charge in [0, 0.05) is 51.5 Å². The number of phenolic OH excluding ortho intramolecular Hbond substituents is 2. The van der Waals surface area contributed by atoms with Gasteiger partial charge in [0.2, 0.25) is 5.91 Å². The molecule has 1 amide bonds. The van der Waals surface area contributed by atoms with Crippen LogP contribution in [0.25, 0.3) is 0 Å². The van der Waals surface area contributed by atoms with Gasteiger partial charge in [-0.1, -0.05) is 6.07 Å². The Hall–Kier alpha value is -5.31. The largest absolute Gasteiger partial charge is 0.508 e. The summed E-state index contributed by atoms with van der Waals surface area (Å²) in [5, 5.41) is 26.0. The lowest BCUT2D eigenvalue weighted by atomic mass is 9.77. The maximum atomic E-state index is 13.3. The number of nitrogens with one attached hydrogen (secondary N) is 2. The highest BCUT2D eigenvalue weighted by Crippen LogP contribution is 2.57. The molecule has 0 fully saturated rings. The van der Waals surface area contributed by atoms with Crippen molar-refractivity contribution in [2.75, 3.05) is 31.7 Å². The normalized spacial score (nSPS) is 13.4. The van der Waals surface area contributed by atoms with Gasteiger partial charge in [-0.2, -0.15) is 0 Å². The number of fused-ring (bicyclic) bond motifs is 6. The second-order valence-electron chi connectivity index (χ2n) is 10.4. The van der Waals surface area contributed by atoms with E-state index in [1.54, 1.807) is 42.5 Å². The number of carbonyl (C=O) groups is 3. The molecule has 0 radical (unpaired) electrons. The quantitative estimate of drug-likeness (QED) is 0.0695. The van der Waals surface area contributed by atoms with Crippen molar-refractivity contribution < 1.29 is 43.5 Å². The third-order valence-electron chi connectivity index (χ3n) is 7.35. The summed E-state index contributed by atoms with van der Waals surface area (Å²) in [5.41, 5.74) is 6.71. The van der Waals surface area contributed by atoms with Crippen molar-refractivity contribution in [3.8, 4) is 23.0 Å². The predicted molar refractivity (Wildman–Crippen MR) is 175 cm³/mol. The number of hydrogen-bond donors (Lipinski definition) is 5. The molecule has 0 aliphatic carbocycles. The van der Waals surface area contributed by atoms with E-state index in [0.29, 0.717) is 61.6 Å². The number of rotatable bonds is 9. The topological polar surface area (TPSA) is 179 Å². The van der Waals surface area contributed by atoms with Crippen LogP contribution in [-0.2, 0) is 19.8 Å². The Morgan fingerprint density at radius 3 is 2.19 bits per heavy atom. The smallest absolute Gasteiger partial charge is 0.372 e. The Balaban J connectivity index is 1.01. The van der Waals surface area contributed by atoms with Gasteiger partial charge in [0.15, 0.2) is 10.7 Å². The molecule has 6 rings (SSSR count). The number of thioether (sulfide) groups is 1. The highest BCUT2D eigenvalue weighted by Gasteiger charge is 2.53. The van der Waals surface area contributed by atoms with Gasteiger partial charge >= 0.3 is 11.3 Å². The first-order valence-corrected chi connectivity index (χ1v) is 15.5. The molecular weight excluding hydrogens is 647 g/mol. The minimum Gasteiger partial charge on any atom is -0.508 e. The van der Waals surface area contributed by atoms with Crippen LogP contribution in [0.2, 0.25) is 0 Å². The Morgan fingerprint density at radius 2 is 1.53 bits per heavy atom. The van der Waals surface area contributed by atoms with Gasteiger partial charge in [0.05, 0.1) is 18.8 Å². The van der Waals surface area contributed by atoms with Crippen LogP contribution in [0.15, 0.2) is 83.8 Å². The molecule has 2 aliphatic rings. The van der Waals surface area contributed by atoms with Crippen LogP contribution < -0.4 is 21.1 Å². The van der Waals surface area contributed by atoms with E-state index in [9.17, 15) is 24.6 Å². The van der Waals surface area contributed by atoms with Crippen molar-refractivity contribution in [1.29, 1.82) is 0 Å². The summed E-state index contributed by atoms with van der Waals surface area (Å²) < 4.78 is 22.7. The summed E-state index contributed by atoms with van der Waals surface area (Å²) in [5.74, 6) is -0.564. The van der Waals surface area contributed by atoms with Gasteiger partial charge < -0.3 is 45.5 Å². The summed E-state index contributed by atoms with van der Waals surface area (Å²) in [7, 11) is 0. The van der Waals surface area contributed by atoms with Crippen molar-refractivity contribution >= 4 is 52.0 Å². The van der Waals surface area contributed by atoms with E-state index >= 15 is 0 Å². The van der Waals surface area contributed by atoms with Gasteiger partial charge in [-0.25, -0.2) is 9.59 Å². The number of amides is 1. The molecular formula is C33H27N3O9S2. The Morgan fingerprint density at radius 1 is 0.872 bits per heavy atom. The molecule has 0 saturated heterocycles. The number of aromatic hydroxyl groups is 2. The van der Waals surface area contributed by atoms with Crippen LogP contribution in [0.1, 0.15) is 37.4 Å². The summed E-state index contributed by atoms with van der Waals surface area (Å²) in [6, 6.07) is 20.6. The number of primary amides is 1. The average Bonchev–Trinajstić information content (AvgIpc) is 3.32. The number of ether oxygens (including phenoxy) is 4. The number of hydrogen-bond acceptors (Lipinski definition) is 11. The van der Waals surface area contributed by atoms with Crippen LogP contribution in [0.3, 0.4) is 0 Å². The molecule has 1 spiro atoms. The maximum Gasteiger partial charge on any atom is 0.372 e. The van der Waals surface area contributed by atoms with Gasteiger partial charge in [-0.3, -0.25) is 4.79 Å². The molecule has 0 unspecified atom stereocenters. The first-order chi connectivity index (χ1) is 22.6. The molecule has 47 heavy (non-hydrogen) atoms. The summed E-state index contributed by atoms with van der Waals surface area (Å²) >= 11 is 6.29. The number of thiocarbonyl (C=S) groups is 1. The van der Waals surface area contributed by atoms with Crippen LogP contribution in [0.4, 0.5) is 10.5 Å². The van der Waals surface area contributed by atoms with Gasteiger partial charge in [0.25, 0.3) is 0 Å². The average molecular weight is 674 g/mol. The molecule has 2 heterocycles. The standard InChI is InChI=1S/C33H27N3O9S2/c34-29(39)18-1-6-22(7-2-18)47-32(41)43-14-13-42-12-11-35-31(46)36-19-3-8-24-23(15-19)30(40)45-33(24)25-9-4-20(37)16-27(25)44-28-17-21(38)5-10-26(28)33/h1-10,15-17,37-38H,11-14H2,(H2,34,39)(H2,35,36,46). The number of phenols is 2. The monoisotopic (exact) mass is 673 g/mol. The zero-order valence-electron chi connectivity index (χ0n) is 24.5. The van der Waals surface area contributed by atoms with E-state index in [-0.39, 0.29) is 31.3 Å². The molecule has 12 nitrogen and oxygen atoms in total. The van der Waals surface area contributed by atoms with Gasteiger partial charge in [-0.05, 0) is 84.6 Å². The van der Waals surface area contributed by atoms with Crippen molar-refractivity contribution in [1.82, 2.24) is 5.32 Å². The molecule has 4 aromatic carbocycles. The first-order valence-electron chi connectivity index (χ1n) is 14.2. The third kappa shape index (κ3) is 6.52. The fourth-order valence-electron chi connectivity index (χ4n) is 5.29. The lowest BCUT2D eigenvalue weighted by Gasteiger charge is -2.36. The predicted octanol–water partition coefficient (Wildman–Crippen LogP) is 5.00. The zero-order chi connectivity index (χ0) is 33.1. The molecule has 0 bridgehead atoms. The number of anilines is 1. The molecule has 0 saturated carbocycles. The van der Waals surface area contributed by atoms with E-state index in [1.165, 1.54) is 36.4 Å². The van der Waals surface area contributed by atoms with Crippen molar-refractivity contribution in [3.05, 3.63) is 107 Å². The number of esters is 1. The third-order valence-corrected chi connectivity index (χ3v) is 8.39. The van der Waals surface area contributed by atoms with Crippen molar-refractivity contribution in [2.45, 2.75) is 10.5 Å². The molecule has 14 heteroatoms. The highest BCUT2D eigenvalue weighted by molar-refractivity contribution is 8.13. The summed E-state index contributed by atoms with van der Waals surface area (Å²) in [6.45, 7) is 0.889. The molecule has 6 N–H and O–H groups in total. The first kappa shape index (κ1) is 31.7. The van der Waals surface area contributed by atoms with Crippen LogP contribution >= 0.6 is 24.0 Å². The van der Waals surface area contributed by atoms with E-state index < -0.39 is 22.8 Å². The Kier molecular flexibility index (Phi) is 8.89. The minimum atomic E-state index is -1.35. The van der Waals surface area contributed by atoms with Crippen molar-refractivity contribution in [3.63, 3.8) is 0 Å². The SMILES string of the molecule is NC(=O)c1ccc(SC(=O)OCCOCCNC(=S)Nc2ccc3c(c2)C(=O)OC32c3ccc(O)cc3Oc3cc(O)ccc32)cc1. The number of nitrogens with two attached hydrogens (primary N) is 1. The maximum absolute atomic E-state index is 13.3. The van der Waals surface area contributed by atoms with Crippen LogP contribution in [0.5, 0.6) is 23.0 Å².